The smallest absolute Gasteiger partial charge is 0.0937 e. The van der Waals surface area contributed by atoms with Crippen molar-refractivity contribution in [2.45, 2.75) is 51.0 Å². The van der Waals surface area contributed by atoms with Crippen LogP contribution in [0.3, 0.4) is 0 Å². The van der Waals surface area contributed by atoms with Gasteiger partial charge in [-0.15, -0.1) is 0 Å². The highest BCUT2D eigenvalue weighted by atomic mass is 15.2. The van der Waals surface area contributed by atoms with Gasteiger partial charge in [0.15, 0.2) is 0 Å². The number of nitrogens with zero attached hydrogens (tertiary/aromatic N) is 1. The SMILES string of the molecule is N=C(N)C1CCN(C2CCCCC2)CC1. The summed E-state index contributed by atoms with van der Waals surface area (Å²) >= 11 is 0. The molecule has 0 unspecified atom stereocenters. The Kier molecular flexibility index (Phi) is 3.62. The summed E-state index contributed by atoms with van der Waals surface area (Å²) in [5, 5.41) is 7.46. The molecular weight excluding hydrogens is 186 g/mol. The Morgan fingerprint density at radius 3 is 2.13 bits per heavy atom. The first-order valence-electron chi connectivity index (χ1n) is 6.35. The van der Waals surface area contributed by atoms with E-state index in [1.165, 1.54) is 32.1 Å². The zero-order valence-corrected chi connectivity index (χ0v) is 9.54. The maximum Gasteiger partial charge on any atom is 0.0937 e. The van der Waals surface area contributed by atoms with Gasteiger partial charge in [0.05, 0.1) is 5.84 Å². The number of piperidine rings is 1. The summed E-state index contributed by atoms with van der Waals surface area (Å²) in [4.78, 5) is 2.64. The zero-order valence-electron chi connectivity index (χ0n) is 9.54. The normalized spacial score (nSPS) is 26.7. The summed E-state index contributed by atoms with van der Waals surface area (Å²) in [5.41, 5.74) is 5.56. The summed E-state index contributed by atoms with van der Waals surface area (Å²) in [6, 6.07) is 0.839. The van der Waals surface area contributed by atoms with Gasteiger partial charge in [-0.2, -0.15) is 0 Å². The number of nitrogens with one attached hydrogen (secondary N) is 1. The predicted octanol–water partition coefficient (Wildman–Crippen LogP) is 1.97. The van der Waals surface area contributed by atoms with E-state index in [0.29, 0.717) is 11.8 Å². The number of rotatable bonds is 2. The lowest BCUT2D eigenvalue weighted by molar-refractivity contribution is 0.120. The fourth-order valence-corrected chi connectivity index (χ4v) is 3.02. The minimum Gasteiger partial charge on any atom is -0.387 e. The molecule has 0 radical (unpaired) electrons. The molecule has 1 aliphatic heterocycles. The Balaban J connectivity index is 1.79. The van der Waals surface area contributed by atoms with Gasteiger partial charge in [0.2, 0.25) is 0 Å². The molecule has 1 aliphatic carbocycles. The Morgan fingerprint density at radius 2 is 1.60 bits per heavy atom. The summed E-state index contributed by atoms with van der Waals surface area (Å²) in [6.07, 6.45) is 9.25. The molecule has 1 saturated heterocycles. The van der Waals surface area contributed by atoms with Gasteiger partial charge in [-0.25, -0.2) is 0 Å². The van der Waals surface area contributed by atoms with Crippen molar-refractivity contribution >= 4 is 5.84 Å². The first kappa shape index (κ1) is 10.9. The number of amidine groups is 1. The van der Waals surface area contributed by atoms with Crippen LogP contribution >= 0.6 is 0 Å². The Bertz CT molecular complexity index is 213. The quantitative estimate of drug-likeness (QED) is 0.539. The molecule has 86 valence electrons. The Labute approximate surface area is 92.5 Å². The van der Waals surface area contributed by atoms with Crippen LogP contribution in [-0.4, -0.2) is 29.9 Å². The third-order valence-corrected chi connectivity index (χ3v) is 4.06. The van der Waals surface area contributed by atoms with Gasteiger partial charge in [0.1, 0.15) is 0 Å². The van der Waals surface area contributed by atoms with E-state index in [1.54, 1.807) is 0 Å². The van der Waals surface area contributed by atoms with Crippen LogP contribution < -0.4 is 5.73 Å². The molecule has 3 nitrogen and oxygen atoms in total. The van der Waals surface area contributed by atoms with Gasteiger partial charge in [-0.1, -0.05) is 19.3 Å². The van der Waals surface area contributed by atoms with Crippen LogP contribution in [-0.2, 0) is 0 Å². The number of hydrogen-bond donors (Lipinski definition) is 2. The molecule has 3 heteroatoms. The Hall–Kier alpha value is -0.570. The molecule has 0 atom stereocenters. The molecule has 15 heavy (non-hydrogen) atoms. The topological polar surface area (TPSA) is 53.1 Å². The molecule has 0 aromatic heterocycles. The van der Waals surface area contributed by atoms with Gasteiger partial charge >= 0.3 is 0 Å². The van der Waals surface area contributed by atoms with Crippen molar-refractivity contribution in [2.24, 2.45) is 11.7 Å². The highest BCUT2D eigenvalue weighted by Gasteiger charge is 2.26. The van der Waals surface area contributed by atoms with Crippen molar-refractivity contribution in [3.63, 3.8) is 0 Å². The lowest BCUT2D eigenvalue weighted by Gasteiger charge is -2.39. The molecule has 0 aromatic carbocycles. The highest BCUT2D eigenvalue weighted by Crippen LogP contribution is 2.26. The van der Waals surface area contributed by atoms with E-state index in [1.807, 2.05) is 0 Å². The van der Waals surface area contributed by atoms with Crippen LogP contribution in [0.4, 0.5) is 0 Å². The fraction of sp³-hybridized carbons (Fsp3) is 0.917. The minimum atomic E-state index is 0.366. The summed E-state index contributed by atoms with van der Waals surface area (Å²) in [7, 11) is 0. The third kappa shape index (κ3) is 2.71. The van der Waals surface area contributed by atoms with Crippen molar-refractivity contribution in [3.8, 4) is 0 Å². The van der Waals surface area contributed by atoms with E-state index in [2.05, 4.69) is 4.90 Å². The first-order valence-corrected chi connectivity index (χ1v) is 6.35. The lowest BCUT2D eigenvalue weighted by Crippen LogP contribution is -2.44. The standard InChI is InChI=1S/C12H23N3/c13-12(14)10-6-8-15(9-7-10)11-4-2-1-3-5-11/h10-11H,1-9H2,(H3,13,14). The number of nitrogens with two attached hydrogens (primary N) is 1. The van der Waals surface area contributed by atoms with Crippen LogP contribution in [0.5, 0.6) is 0 Å². The maximum absolute atomic E-state index is 7.46. The number of hydrogen-bond acceptors (Lipinski definition) is 2. The third-order valence-electron chi connectivity index (χ3n) is 4.06. The van der Waals surface area contributed by atoms with E-state index in [9.17, 15) is 0 Å². The molecule has 0 spiro atoms. The summed E-state index contributed by atoms with van der Waals surface area (Å²) < 4.78 is 0. The van der Waals surface area contributed by atoms with Crippen LogP contribution in [0.1, 0.15) is 44.9 Å². The van der Waals surface area contributed by atoms with E-state index < -0.39 is 0 Å². The van der Waals surface area contributed by atoms with E-state index >= 15 is 0 Å². The largest absolute Gasteiger partial charge is 0.387 e. The van der Waals surface area contributed by atoms with Gasteiger partial charge < -0.3 is 10.6 Å². The molecule has 1 heterocycles. The molecule has 0 aromatic rings. The van der Waals surface area contributed by atoms with Crippen molar-refractivity contribution in [1.29, 1.82) is 5.41 Å². The van der Waals surface area contributed by atoms with Gasteiger partial charge in [0.25, 0.3) is 0 Å². The lowest BCUT2D eigenvalue weighted by atomic mass is 9.90. The fourth-order valence-electron chi connectivity index (χ4n) is 3.02. The second-order valence-corrected chi connectivity index (χ2v) is 5.06. The van der Waals surface area contributed by atoms with Crippen molar-refractivity contribution < 1.29 is 0 Å². The molecule has 3 N–H and O–H groups in total. The monoisotopic (exact) mass is 209 g/mol. The second kappa shape index (κ2) is 4.97. The Morgan fingerprint density at radius 1 is 1.00 bits per heavy atom. The predicted molar refractivity (Wildman–Crippen MR) is 63.1 cm³/mol. The molecule has 2 rings (SSSR count). The summed E-state index contributed by atoms with van der Waals surface area (Å²) in [5.74, 6) is 0.767. The van der Waals surface area contributed by atoms with Gasteiger partial charge in [-0.05, 0) is 38.8 Å². The van der Waals surface area contributed by atoms with Crippen LogP contribution in [0.25, 0.3) is 0 Å². The minimum absolute atomic E-state index is 0.366. The molecule has 1 saturated carbocycles. The molecule has 2 fully saturated rings. The van der Waals surface area contributed by atoms with Crippen LogP contribution in [0, 0.1) is 11.3 Å². The molecule has 0 amide bonds. The number of likely N-dealkylation sites (tertiary alicyclic amines) is 1. The van der Waals surface area contributed by atoms with Crippen LogP contribution in [0.15, 0.2) is 0 Å². The molecule has 2 aliphatic rings. The first-order chi connectivity index (χ1) is 7.27. The van der Waals surface area contributed by atoms with E-state index in [4.69, 9.17) is 11.1 Å². The molecule has 0 bridgehead atoms. The molecular formula is C12H23N3. The average Bonchev–Trinajstić information content (AvgIpc) is 2.30. The summed E-state index contributed by atoms with van der Waals surface area (Å²) in [6.45, 7) is 2.32. The van der Waals surface area contributed by atoms with Crippen molar-refractivity contribution in [3.05, 3.63) is 0 Å². The second-order valence-electron chi connectivity index (χ2n) is 5.06. The average molecular weight is 209 g/mol. The highest BCUT2D eigenvalue weighted by molar-refractivity contribution is 5.79. The van der Waals surface area contributed by atoms with Crippen LogP contribution in [0.2, 0.25) is 0 Å². The van der Waals surface area contributed by atoms with E-state index in [0.717, 1.165) is 32.0 Å². The van der Waals surface area contributed by atoms with Crippen molar-refractivity contribution in [2.75, 3.05) is 13.1 Å². The van der Waals surface area contributed by atoms with Crippen molar-refractivity contribution in [1.82, 2.24) is 4.90 Å². The zero-order chi connectivity index (χ0) is 10.7. The van der Waals surface area contributed by atoms with E-state index in [-0.39, 0.29) is 0 Å². The van der Waals surface area contributed by atoms with Gasteiger partial charge in [0, 0.05) is 12.0 Å². The van der Waals surface area contributed by atoms with Gasteiger partial charge in [-0.3, -0.25) is 5.41 Å². The maximum atomic E-state index is 7.46.